The van der Waals surface area contributed by atoms with Crippen molar-refractivity contribution in [2.75, 3.05) is 28.5 Å². The second-order valence-electron chi connectivity index (χ2n) is 6.16. The lowest BCUT2D eigenvalue weighted by atomic mass is 10.1. The summed E-state index contributed by atoms with van der Waals surface area (Å²) in [6.45, 7) is 0.608. The molecule has 144 valence electrons. The molecule has 1 aliphatic rings. The number of anilines is 2. The topological polar surface area (TPSA) is 78.5 Å². The summed E-state index contributed by atoms with van der Waals surface area (Å²) in [4.78, 5) is 12.0. The van der Waals surface area contributed by atoms with E-state index in [4.69, 9.17) is 0 Å². The van der Waals surface area contributed by atoms with Crippen LogP contribution in [0.4, 0.5) is 25.0 Å². The molecule has 3 rings (SSSR count). The van der Waals surface area contributed by atoms with Gasteiger partial charge in [0.15, 0.2) is 0 Å². The van der Waals surface area contributed by atoms with Gasteiger partial charge in [0, 0.05) is 13.1 Å². The fraction of sp³-hybridized carbons (Fsp3) is 0.278. The molecule has 0 spiro atoms. The van der Waals surface area contributed by atoms with Gasteiger partial charge in [0.2, 0.25) is 10.0 Å². The van der Waals surface area contributed by atoms with Crippen LogP contribution in [-0.4, -0.2) is 33.3 Å². The third kappa shape index (κ3) is 4.73. The SMILES string of the molecule is O=C(NCCc1ccc(F)cc1)Nc1cc(N2CCCS2(=O)=O)ccc1F. The van der Waals surface area contributed by atoms with E-state index >= 15 is 0 Å². The second kappa shape index (κ2) is 7.91. The number of nitrogens with one attached hydrogen (secondary N) is 2. The van der Waals surface area contributed by atoms with Crippen LogP contribution in [0.25, 0.3) is 0 Å². The summed E-state index contributed by atoms with van der Waals surface area (Å²) < 4.78 is 52.0. The minimum Gasteiger partial charge on any atom is -0.338 e. The number of halogens is 2. The lowest BCUT2D eigenvalue weighted by molar-refractivity contribution is 0.252. The average molecular weight is 395 g/mol. The first-order valence-corrected chi connectivity index (χ1v) is 10.1. The van der Waals surface area contributed by atoms with Gasteiger partial charge in [-0.05, 0) is 48.7 Å². The Kier molecular flexibility index (Phi) is 5.59. The summed E-state index contributed by atoms with van der Waals surface area (Å²) in [6.07, 6.45) is 0.995. The molecular formula is C18H19F2N3O3S. The number of hydrogen-bond donors (Lipinski definition) is 2. The zero-order valence-corrected chi connectivity index (χ0v) is 15.2. The third-order valence-corrected chi connectivity index (χ3v) is 6.07. The van der Waals surface area contributed by atoms with Gasteiger partial charge in [0.25, 0.3) is 0 Å². The molecule has 9 heteroatoms. The summed E-state index contributed by atoms with van der Waals surface area (Å²) in [5.74, 6) is -0.944. The number of carbonyl (C=O) groups excluding carboxylic acids is 1. The van der Waals surface area contributed by atoms with E-state index in [-0.39, 0.29) is 23.8 Å². The Morgan fingerprint density at radius 1 is 1.11 bits per heavy atom. The minimum absolute atomic E-state index is 0.0526. The van der Waals surface area contributed by atoms with Gasteiger partial charge < -0.3 is 10.6 Å². The summed E-state index contributed by atoms with van der Waals surface area (Å²) >= 11 is 0. The van der Waals surface area contributed by atoms with Gasteiger partial charge in [0.1, 0.15) is 11.6 Å². The van der Waals surface area contributed by atoms with Crippen LogP contribution in [0.5, 0.6) is 0 Å². The van der Waals surface area contributed by atoms with Gasteiger partial charge in [-0.25, -0.2) is 22.0 Å². The first kappa shape index (κ1) is 19.1. The van der Waals surface area contributed by atoms with Gasteiger partial charge in [-0.1, -0.05) is 12.1 Å². The van der Waals surface area contributed by atoms with Crippen molar-refractivity contribution in [3.8, 4) is 0 Å². The maximum atomic E-state index is 14.0. The van der Waals surface area contributed by atoms with Gasteiger partial charge in [0.05, 0.1) is 17.1 Å². The van der Waals surface area contributed by atoms with E-state index in [0.717, 1.165) is 11.6 Å². The number of hydrogen-bond acceptors (Lipinski definition) is 3. The molecule has 1 heterocycles. The van der Waals surface area contributed by atoms with E-state index < -0.39 is 21.9 Å². The van der Waals surface area contributed by atoms with Crippen LogP contribution in [0.15, 0.2) is 42.5 Å². The smallest absolute Gasteiger partial charge is 0.319 e. The molecule has 2 aromatic carbocycles. The van der Waals surface area contributed by atoms with Crippen molar-refractivity contribution in [2.45, 2.75) is 12.8 Å². The highest BCUT2D eigenvalue weighted by Crippen LogP contribution is 2.28. The Labute approximate surface area is 156 Å². The first-order chi connectivity index (χ1) is 12.8. The van der Waals surface area contributed by atoms with Crippen molar-refractivity contribution in [1.82, 2.24) is 5.32 Å². The maximum Gasteiger partial charge on any atom is 0.319 e. The standard InChI is InChI=1S/C18H19F2N3O3S/c19-14-4-2-13(3-5-14)8-9-21-18(24)22-17-12-15(6-7-16(17)20)23-10-1-11-27(23,25)26/h2-7,12H,1,8-11H2,(H2,21,22,24). The Bertz CT molecular complexity index is 933. The number of rotatable bonds is 5. The average Bonchev–Trinajstić information content (AvgIpc) is 2.98. The highest BCUT2D eigenvalue weighted by Gasteiger charge is 2.28. The number of carbonyl (C=O) groups is 1. The molecule has 6 nitrogen and oxygen atoms in total. The van der Waals surface area contributed by atoms with Crippen LogP contribution in [0.3, 0.4) is 0 Å². The lowest BCUT2D eigenvalue weighted by Crippen LogP contribution is -2.31. The molecule has 0 unspecified atom stereocenters. The molecule has 1 saturated heterocycles. The molecule has 0 radical (unpaired) electrons. The largest absolute Gasteiger partial charge is 0.338 e. The molecule has 2 amide bonds. The molecule has 0 aliphatic carbocycles. The fourth-order valence-corrected chi connectivity index (χ4v) is 4.39. The van der Waals surface area contributed by atoms with Crippen LogP contribution in [0, 0.1) is 11.6 Å². The summed E-state index contributed by atoms with van der Waals surface area (Å²) in [5, 5.41) is 4.97. The molecule has 0 bridgehead atoms. The third-order valence-electron chi connectivity index (χ3n) is 4.20. The quantitative estimate of drug-likeness (QED) is 0.817. The zero-order valence-electron chi connectivity index (χ0n) is 14.4. The van der Waals surface area contributed by atoms with Crippen LogP contribution < -0.4 is 14.9 Å². The van der Waals surface area contributed by atoms with E-state index in [1.807, 2.05) is 0 Å². The van der Waals surface area contributed by atoms with Gasteiger partial charge >= 0.3 is 6.03 Å². The molecule has 1 aliphatic heterocycles. The molecule has 2 aromatic rings. The predicted octanol–water partition coefficient (Wildman–Crippen LogP) is 2.87. The van der Waals surface area contributed by atoms with Gasteiger partial charge in [-0.15, -0.1) is 0 Å². The van der Waals surface area contributed by atoms with Gasteiger partial charge in [-0.3, -0.25) is 4.31 Å². The molecule has 0 aromatic heterocycles. The van der Waals surface area contributed by atoms with Crippen molar-refractivity contribution in [1.29, 1.82) is 0 Å². The summed E-state index contributed by atoms with van der Waals surface area (Å²) in [7, 11) is -3.39. The monoisotopic (exact) mass is 395 g/mol. The van der Waals surface area contributed by atoms with Gasteiger partial charge in [-0.2, -0.15) is 0 Å². The van der Waals surface area contributed by atoms with Crippen molar-refractivity contribution in [3.05, 3.63) is 59.7 Å². The van der Waals surface area contributed by atoms with E-state index in [9.17, 15) is 22.0 Å². The molecule has 27 heavy (non-hydrogen) atoms. The minimum atomic E-state index is -3.39. The summed E-state index contributed by atoms with van der Waals surface area (Å²) in [5.41, 5.74) is 1.06. The highest BCUT2D eigenvalue weighted by molar-refractivity contribution is 7.93. The second-order valence-corrected chi connectivity index (χ2v) is 8.18. The normalized spacial score (nSPS) is 15.6. The molecule has 0 atom stereocenters. The number of sulfonamides is 1. The molecular weight excluding hydrogens is 376 g/mol. The maximum absolute atomic E-state index is 14.0. The number of benzene rings is 2. The first-order valence-electron chi connectivity index (χ1n) is 8.44. The van der Waals surface area contributed by atoms with E-state index in [1.165, 1.54) is 28.6 Å². The van der Waals surface area contributed by atoms with Crippen LogP contribution in [0.2, 0.25) is 0 Å². The fourth-order valence-electron chi connectivity index (χ4n) is 2.83. The Balaban J connectivity index is 1.60. The van der Waals surface area contributed by atoms with Crippen molar-refractivity contribution in [3.63, 3.8) is 0 Å². The van der Waals surface area contributed by atoms with Crippen LogP contribution >= 0.6 is 0 Å². The van der Waals surface area contributed by atoms with Crippen molar-refractivity contribution in [2.24, 2.45) is 0 Å². The molecule has 1 fully saturated rings. The summed E-state index contributed by atoms with van der Waals surface area (Å²) in [6, 6.07) is 9.09. The van der Waals surface area contributed by atoms with Crippen LogP contribution in [0.1, 0.15) is 12.0 Å². The Hall–Kier alpha value is -2.68. The Morgan fingerprint density at radius 2 is 1.85 bits per heavy atom. The molecule has 2 N–H and O–H groups in total. The number of amides is 2. The number of nitrogens with zero attached hydrogens (tertiary/aromatic N) is 1. The van der Waals surface area contributed by atoms with E-state index in [0.29, 0.717) is 25.1 Å². The van der Waals surface area contributed by atoms with E-state index in [1.54, 1.807) is 12.1 Å². The lowest BCUT2D eigenvalue weighted by Gasteiger charge is -2.18. The highest BCUT2D eigenvalue weighted by atomic mass is 32.2. The zero-order chi connectivity index (χ0) is 19.4. The van der Waals surface area contributed by atoms with E-state index in [2.05, 4.69) is 10.6 Å². The van der Waals surface area contributed by atoms with Crippen LogP contribution in [-0.2, 0) is 16.4 Å². The van der Waals surface area contributed by atoms with Crippen molar-refractivity contribution < 1.29 is 22.0 Å². The molecule has 0 saturated carbocycles. The predicted molar refractivity (Wildman–Crippen MR) is 99.3 cm³/mol. The Morgan fingerprint density at radius 3 is 2.52 bits per heavy atom. The van der Waals surface area contributed by atoms with Crippen molar-refractivity contribution >= 4 is 27.4 Å². The number of urea groups is 1.